The molecule has 1 saturated carbocycles. The van der Waals surface area contributed by atoms with Crippen molar-refractivity contribution in [1.29, 1.82) is 0 Å². The van der Waals surface area contributed by atoms with Gasteiger partial charge < -0.3 is 5.11 Å². The molecule has 0 saturated heterocycles. The topological polar surface area (TPSA) is 111 Å². The summed E-state index contributed by atoms with van der Waals surface area (Å²) in [6, 6.07) is 0. The minimum absolute atomic E-state index is 0.133. The summed E-state index contributed by atoms with van der Waals surface area (Å²) in [6.45, 7) is 26.4. The maximum absolute atomic E-state index is 11.5. The second-order valence-corrected chi connectivity index (χ2v) is 15.1. The molecule has 0 amide bonds. The maximum atomic E-state index is 11.5. The quantitative estimate of drug-likeness (QED) is 0.119. The van der Waals surface area contributed by atoms with Gasteiger partial charge in [-0.2, -0.15) is 19.6 Å². The molecule has 1 fully saturated rings. The highest BCUT2D eigenvalue weighted by Gasteiger charge is 2.40. The van der Waals surface area contributed by atoms with Crippen LogP contribution in [0.2, 0.25) is 0 Å². The third-order valence-corrected chi connectivity index (χ3v) is 5.31. The minimum atomic E-state index is -1.31. The summed E-state index contributed by atoms with van der Waals surface area (Å²) in [6.07, 6.45) is 7.40. The fourth-order valence-electron chi connectivity index (χ4n) is 3.39. The first-order valence-corrected chi connectivity index (χ1v) is 15.1. The van der Waals surface area contributed by atoms with E-state index in [1.54, 1.807) is 6.92 Å². The highest BCUT2D eigenvalue weighted by molar-refractivity contribution is 5.70. The SMILES string of the molecule is CC(C)(C)OOC1(OOC(C)(C)C)CCCCC1.CCCCC(CC(C)(OOC(C)(C)C)OOC(C)(C)C)C(=O)O. The highest BCUT2D eigenvalue weighted by Crippen LogP contribution is 2.35. The van der Waals surface area contributed by atoms with Crippen molar-refractivity contribution in [3.8, 4) is 0 Å². The molecule has 0 aromatic rings. The summed E-state index contributed by atoms with van der Waals surface area (Å²) in [4.78, 5) is 55.1. The van der Waals surface area contributed by atoms with Crippen molar-refractivity contribution >= 4 is 5.97 Å². The van der Waals surface area contributed by atoms with Crippen LogP contribution in [0.25, 0.3) is 0 Å². The Hall–Kier alpha value is -0.850. The molecule has 1 aliphatic rings. The van der Waals surface area contributed by atoms with Crippen LogP contribution < -0.4 is 0 Å². The number of rotatable bonds is 14. The van der Waals surface area contributed by atoms with Crippen LogP contribution in [0.4, 0.5) is 0 Å². The van der Waals surface area contributed by atoms with Gasteiger partial charge in [-0.1, -0.05) is 26.2 Å². The van der Waals surface area contributed by atoms with Crippen molar-refractivity contribution < 1.29 is 49.0 Å². The lowest BCUT2D eigenvalue weighted by Crippen LogP contribution is -2.42. The molecule has 1 rings (SSSR count). The Morgan fingerprint density at radius 3 is 1.37 bits per heavy atom. The van der Waals surface area contributed by atoms with E-state index in [4.69, 9.17) is 39.1 Å². The molecule has 0 spiro atoms. The van der Waals surface area contributed by atoms with E-state index in [0.29, 0.717) is 6.42 Å². The van der Waals surface area contributed by atoms with E-state index >= 15 is 0 Å². The summed E-state index contributed by atoms with van der Waals surface area (Å²) < 4.78 is 0. The Morgan fingerprint density at radius 1 is 0.659 bits per heavy atom. The van der Waals surface area contributed by atoms with Crippen LogP contribution in [0.3, 0.4) is 0 Å². The molecule has 1 N–H and O–H groups in total. The maximum Gasteiger partial charge on any atom is 0.306 e. The van der Waals surface area contributed by atoms with Gasteiger partial charge in [0.15, 0.2) is 0 Å². The molecule has 0 heterocycles. The van der Waals surface area contributed by atoms with Crippen LogP contribution in [0.5, 0.6) is 0 Å². The molecule has 0 aromatic heterocycles. The molecule has 10 nitrogen and oxygen atoms in total. The first kappa shape index (κ1) is 40.1. The smallest absolute Gasteiger partial charge is 0.306 e. The fraction of sp³-hybridized carbons (Fsp3) is 0.968. The largest absolute Gasteiger partial charge is 0.481 e. The number of carboxylic acid groups (broad SMARTS) is 1. The minimum Gasteiger partial charge on any atom is -0.481 e. The monoisotopic (exact) mass is 594 g/mol. The van der Waals surface area contributed by atoms with E-state index in [9.17, 15) is 9.90 Å². The number of carboxylic acids is 1. The zero-order valence-electron chi connectivity index (χ0n) is 28.6. The Labute approximate surface area is 249 Å². The molecular weight excluding hydrogens is 532 g/mol. The molecule has 1 aliphatic carbocycles. The van der Waals surface area contributed by atoms with Gasteiger partial charge >= 0.3 is 5.97 Å². The van der Waals surface area contributed by atoms with Gasteiger partial charge in [0.05, 0.1) is 28.3 Å². The summed E-state index contributed by atoms with van der Waals surface area (Å²) in [5.41, 5.74) is -1.80. The van der Waals surface area contributed by atoms with E-state index in [-0.39, 0.29) is 17.6 Å². The van der Waals surface area contributed by atoms with Gasteiger partial charge in [0.2, 0.25) is 11.6 Å². The standard InChI is InChI=1S/C17H34O6.C14H28O4/c1-9-10-11-13(14(18)19)12-17(8,22-20-15(2,3)4)23-21-16(5,6)7;1-12(2,3)15-17-14(10-8-7-9-11-14)18-16-13(4,5)6/h13H,9-12H2,1-8H3,(H,18,19);7-11H2,1-6H3. The summed E-state index contributed by atoms with van der Waals surface area (Å²) >= 11 is 0. The lowest BCUT2D eigenvalue weighted by atomic mass is 9.94. The van der Waals surface area contributed by atoms with Gasteiger partial charge in [-0.05, 0) is 109 Å². The van der Waals surface area contributed by atoms with Crippen molar-refractivity contribution in [1.82, 2.24) is 0 Å². The number of carbonyl (C=O) groups is 1. The molecule has 41 heavy (non-hydrogen) atoms. The third-order valence-electron chi connectivity index (χ3n) is 5.31. The van der Waals surface area contributed by atoms with Crippen molar-refractivity contribution in [3.63, 3.8) is 0 Å². The second kappa shape index (κ2) is 16.9. The summed E-state index contributed by atoms with van der Waals surface area (Å²) in [5, 5.41) is 9.43. The number of aliphatic carboxylic acids is 1. The van der Waals surface area contributed by atoms with Crippen LogP contribution >= 0.6 is 0 Å². The number of unbranched alkanes of at least 4 members (excludes halogenated alkanes) is 1. The predicted octanol–water partition coefficient (Wildman–Crippen LogP) is 8.62. The van der Waals surface area contributed by atoms with Crippen molar-refractivity contribution in [2.24, 2.45) is 5.92 Å². The van der Waals surface area contributed by atoms with Crippen LogP contribution in [-0.4, -0.2) is 45.1 Å². The molecule has 246 valence electrons. The lowest BCUT2D eigenvalue weighted by molar-refractivity contribution is -0.545. The van der Waals surface area contributed by atoms with Crippen molar-refractivity contribution in [3.05, 3.63) is 0 Å². The molecule has 0 aliphatic heterocycles. The molecule has 0 bridgehead atoms. The number of hydrogen-bond donors (Lipinski definition) is 1. The van der Waals surface area contributed by atoms with E-state index in [1.807, 2.05) is 90.0 Å². The average Bonchev–Trinajstić information content (AvgIpc) is 2.81. The predicted molar refractivity (Wildman–Crippen MR) is 157 cm³/mol. The fourth-order valence-corrected chi connectivity index (χ4v) is 3.39. The summed E-state index contributed by atoms with van der Waals surface area (Å²) in [5.74, 6) is -3.52. The van der Waals surface area contributed by atoms with Crippen molar-refractivity contribution in [2.45, 2.75) is 189 Å². The van der Waals surface area contributed by atoms with Gasteiger partial charge in [0, 0.05) is 19.3 Å². The highest BCUT2D eigenvalue weighted by atomic mass is 17.3. The zero-order valence-corrected chi connectivity index (χ0v) is 28.6. The van der Waals surface area contributed by atoms with Gasteiger partial charge in [-0.15, -0.1) is 0 Å². The van der Waals surface area contributed by atoms with Crippen LogP contribution in [0, 0.1) is 5.92 Å². The normalized spacial score (nSPS) is 17.5. The summed E-state index contributed by atoms with van der Waals surface area (Å²) in [7, 11) is 0. The first-order valence-electron chi connectivity index (χ1n) is 15.1. The third kappa shape index (κ3) is 21.5. The average molecular weight is 595 g/mol. The van der Waals surface area contributed by atoms with Crippen LogP contribution in [0.15, 0.2) is 0 Å². The molecule has 0 radical (unpaired) electrons. The Bertz CT molecular complexity index is 681. The number of hydrogen-bond acceptors (Lipinski definition) is 9. The van der Waals surface area contributed by atoms with Crippen LogP contribution in [0.1, 0.15) is 155 Å². The lowest BCUT2D eigenvalue weighted by Gasteiger charge is -2.37. The molecule has 1 atom stereocenters. The molecular formula is C31H62O10. The molecule has 10 heteroatoms. The van der Waals surface area contributed by atoms with Gasteiger partial charge in [0.25, 0.3) is 0 Å². The van der Waals surface area contributed by atoms with Gasteiger partial charge in [-0.3, -0.25) is 4.79 Å². The Kier molecular flexibility index (Phi) is 16.5. The van der Waals surface area contributed by atoms with Crippen LogP contribution in [-0.2, 0) is 43.9 Å². The van der Waals surface area contributed by atoms with Gasteiger partial charge in [-0.25, -0.2) is 19.6 Å². The first-order chi connectivity index (χ1) is 18.4. The van der Waals surface area contributed by atoms with E-state index in [1.165, 1.54) is 6.42 Å². The molecule has 1 unspecified atom stereocenters. The molecule has 0 aromatic carbocycles. The van der Waals surface area contributed by atoms with E-state index in [2.05, 4.69) is 0 Å². The van der Waals surface area contributed by atoms with E-state index < -0.39 is 34.7 Å². The van der Waals surface area contributed by atoms with Gasteiger partial charge in [0.1, 0.15) is 0 Å². The van der Waals surface area contributed by atoms with Crippen molar-refractivity contribution in [2.75, 3.05) is 0 Å². The second-order valence-electron chi connectivity index (χ2n) is 15.1. The Morgan fingerprint density at radius 2 is 1.05 bits per heavy atom. The van der Waals surface area contributed by atoms with E-state index in [0.717, 1.165) is 38.5 Å². The Balaban J connectivity index is 0.000000802. The zero-order chi connectivity index (χ0) is 32.2.